The van der Waals surface area contributed by atoms with Crippen molar-refractivity contribution in [3.8, 4) is 12.3 Å². The fourth-order valence-electron chi connectivity index (χ4n) is 1.18. The van der Waals surface area contributed by atoms with Crippen LogP contribution in [0.4, 0.5) is 0 Å². The predicted molar refractivity (Wildman–Crippen MR) is 61.0 cm³/mol. The molecule has 0 bridgehead atoms. The van der Waals surface area contributed by atoms with Gasteiger partial charge in [0.2, 0.25) is 0 Å². The molecule has 1 heteroatoms. The molecule has 0 aliphatic rings. The molecule has 0 fully saturated rings. The lowest BCUT2D eigenvalue weighted by Gasteiger charge is -2.21. The molecule has 1 rings (SSSR count). The molecule has 1 aromatic carbocycles. The van der Waals surface area contributed by atoms with Gasteiger partial charge in [-0.25, -0.2) is 0 Å². The normalized spacial score (nSPS) is 11.0. The van der Waals surface area contributed by atoms with Crippen LogP contribution in [-0.2, 0) is 6.54 Å². The van der Waals surface area contributed by atoms with Crippen molar-refractivity contribution in [2.75, 3.05) is 0 Å². The zero-order chi connectivity index (χ0) is 10.6. The van der Waals surface area contributed by atoms with Crippen LogP contribution >= 0.6 is 0 Å². The molecule has 0 heterocycles. The quantitative estimate of drug-likeness (QED) is 0.702. The molecule has 0 spiro atoms. The first-order valence-corrected chi connectivity index (χ1v) is 4.82. The Morgan fingerprint density at radius 1 is 1.29 bits per heavy atom. The van der Waals surface area contributed by atoms with Gasteiger partial charge in [0.05, 0.1) is 0 Å². The van der Waals surface area contributed by atoms with Crippen LogP contribution in [0.3, 0.4) is 0 Å². The van der Waals surface area contributed by atoms with Crippen LogP contribution in [0.1, 0.15) is 31.9 Å². The smallest absolute Gasteiger partial charge is 0.0287 e. The Morgan fingerprint density at radius 2 is 1.93 bits per heavy atom. The molecule has 14 heavy (non-hydrogen) atoms. The molecule has 74 valence electrons. The minimum absolute atomic E-state index is 0.127. The number of terminal acetylenes is 1. The van der Waals surface area contributed by atoms with Crippen molar-refractivity contribution in [2.24, 2.45) is 0 Å². The van der Waals surface area contributed by atoms with Crippen LogP contribution < -0.4 is 5.32 Å². The van der Waals surface area contributed by atoms with E-state index in [-0.39, 0.29) is 5.54 Å². The lowest BCUT2D eigenvalue weighted by molar-refractivity contribution is 0.424. The van der Waals surface area contributed by atoms with E-state index in [1.807, 2.05) is 18.2 Å². The number of hydrogen-bond donors (Lipinski definition) is 1. The van der Waals surface area contributed by atoms with E-state index in [2.05, 4.69) is 38.1 Å². The molecular weight excluding hydrogens is 170 g/mol. The third-order valence-corrected chi connectivity index (χ3v) is 1.98. The fourth-order valence-corrected chi connectivity index (χ4v) is 1.18. The highest BCUT2D eigenvalue weighted by Crippen LogP contribution is 2.09. The van der Waals surface area contributed by atoms with Gasteiger partial charge in [-0.15, -0.1) is 6.42 Å². The minimum atomic E-state index is 0.127. The van der Waals surface area contributed by atoms with E-state index in [1.165, 1.54) is 5.56 Å². The molecule has 0 aromatic heterocycles. The van der Waals surface area contributed by atoms with Crippen molar-refractivity contribution in [2.45, 2.75) is 32.9 Å². The van der Waals surface area contributed by atoms with Gasteiger partial charge in [-0.2, -0.15) is 0 Å². The number of rotatable bonds is 2. The summed E-state index contributed by atoms with van der Waals surface area (Å²) in [5.74, 6) is 2.69. The first kappa shape index (κ1) is 10.8. The van der Waals surface area contributed by atoms with Gasteiger partial charge in [0.1, 0.15) is 0 Å². The van der Waals surface area contributed by atoms with E-state index in [0.717, 1.165) is 12.1 Å². The third kappa shape index (κ3) is 3.24. The molecule has 0 atom stereocenters. The van der Waals surface area contributed by atoms with Gasteiger partial charge in [-0.3, -0.25) is 0 Å². The van der Waals surface area contributed by atoms with Crippen LogP contribution in [0.15, 0.2) is 24.3 Å². The first-order valence-electron chi connectivity index (χ1n) is 4.82. The summed E-state index contributed by atoms with van der Waals surface area (Å²) in [4.78, 5) is 0. The maximum Gasteiger partial charge on any atom is 0.0287 e. The predicted octanol–water partition coefficient (Wildman–Crippen LogP) is 2.56. The lowest BCUT2D eigenvalue weighted by atomic mass is 10.1. The summed E-state index contributed by atoms with van der Waals surface area (Å²) in [6.45, 7) is 7.26. The highest BCUT2D eigenvalue weighted by Gasteiger charge is 2.09. The summed E-state index contributed by atoms with van der Waals surface area (Å²) in [6, 6.07) is 8.02. The molecule has 0 saturated carbocycles. The largest absolute Gasteiger partial charge is 0.308 e. The van der Waals surface area contributed by atoms with Crippen LogP contribution in [-0.4, -0.2) is 5.54 Å². The summed E-state index contributed by atoms with van der Waals surface area (Å²) in [5, 5.41) is 3.42. The maximum absolute atomic E-state index is 5.41. The number of nitrogens with one attached hydrogen (secondary N) is 1. The number of hydrogen-bond acceptors (Lipinski definition) is 1. The van der Waals surface area contributed by atoms with Gasteiger partial charge in [0.15, 0.2) is 0 Å². The summed E-state index contributed by atoms with van der Waals surface area (Å²) < 4.78 is 0. The Labute approximate surface area is 86.5 Å². The van der Waals surface area contributed by atoms with Gasteiger partial charge >= 0.3 is 0 Å². The molecule has 0 saturated heterocycles. The van der Waals surface area contributed by atoms with E-state index in [9.17, 15) is 0 Å². The van der Waals surface area contributed by atoms with Crippen molar-refractivity contribution in [3.63, 3.8) is 0 Å². The van der Waals surface area contributed by atoms with Gasteiger partial charge in [0.25, 0.3) is 0 Å². The monoisotopic (exact) mass is 187 g/mol. The van der Waals surface area contributed by atoms with E-state index >= 15 is 0 Å². The van der Waals surface area contributed by atoms with Crippen molar-refractivity contribution in [3.05, 3.63) is 35.4 Å². The standard InChI is InChI=1S/C13H17N/c1-5-11-8-6-7-9-12(11)10-14-13(2,3)4/h1,6-9,14H,10H2,2-4H3. The zero-order valence-electron chi connectivity index (χ0n) is 9.09. The highest BCUT2D eigenvalue weighted by atomic mass is 14.9. The van der Waals surface area contributed by atoms with Crippen LogP contribution in [0.2, 0.25) is 0 Å². The second-order valence-electron chi connectivity index (χ2n) is 4.41. The molecule has 0 radical (unpaired) electrons. The fraction of sp³-hybridized carbons (Fsp3) is 0.385. The van der Waals surface area contributed by atoms with Gasteiger partial charge in [-0.05, 0) is 32.4 Å². The molecule has 0 amide bonds. The molecule has 1 N–H and O–H groups in total. The van der Waals surface area contributed by atoms with Crippen molar-refractivity contribution in [1.82, 2.24) is 5.32 Å². The summed E-state index contributed by atoms with van der Waals surface area (Å²) in [7, 11) is 0. The zero-order valence-corrected chi connectivity index (χ0v) is 9.09. The van der Waals surface area contributed by atoms with Gasteiger partial charge in [-0.1, -0.05) is 24.1 Å². The van der Waals surface area contributed by atoms with Crippen LogP contribution in [0, 0.1) is 12.3 Å². The van der Waals surface area contributed by atoms with E-state index in [1.54, 1.807) is 0 Å². The van der Waals surface area contributed by atoms with Crippen LogP contribution in [0.5, 0.6) is 0 Å². The Morgan fingerprint density at radius 3 is 2.50 bits per heavy atom. The minimum Gasteiger partial charge on any atom is -0.308 e. The van der Waals surface area contributed by atoms with E-state index < -0.39 is 0 Å². The SMILES string of the molecule is C#Cc1ccccc1CNC(C)(C)C. The Bertz CT molecular complexity index is 339. The first-order chi connectivity index (χ1) is 6.53. The van der Waals surface area contributed by atoms with E-state index in [0.29, 0.717) is 0 Å². The molecule has 1 nitrogen and oxygen atoms in total. The maximum atomic E-state index is 5.41. The lowest BCUT2D eigenvalue weighted by Crippen LogP contribution is -2.35. The number of benzene rings is 1. The second kappa shape index (κ2) is 4.30. The summed E-state index contributed by atoms with van der Waals surface area (Å²) >= 11 is 0. The molecular formula is C13H17N. The molecule has 0 unspecified atom stereocenters. The molecule has 0 aliphatic carbocycles. The summed E-state index contributed by atoms with van der Waals surface area (Å²) in [5.41, 5.74) is 2.29. The van der Waals surface area contributed by atoms with Crippen molar-refractivity contribution >= 4 is 0 Å². The van der Waals surface area contributed by atoms with Crippen molar-refractivity contribution < 1.29 is 0 Å². The third-order valence-electron chi connectivity index (χ3n) is 1.98. The molecule has 0 aliphatic heterocycles. The Kier molecular flexibility index (Phi) is 3.33. The average molecular weight is 187 g/mol. The highest BCUT2D eigenvalue weighted by molar-refractivity contribution is 5.39. The topological polar surface area (TPSA) is 12.0 Å². The average Bonchev–Trinajstić information content (AvgIpc) is 2.14. The van der Waals surface area contributed by atoms with E-state index in [4.69, 9.17) is 6.42 Å². The van der Waals surface area contributed by atoms with Crippen molar-refractivity contribution in [1.29, 1.82) is 0 Å². The van der Waals surface area contributed by atoms with Crippen LogP contribution in [0.25, 0.3) is 0 Å². The van der Waals surface area contributed by atoms with Gasteiger partial charge < -0.3 is 5.32 Å². The second-order valence-corrected chi connectivity index (χ2v) is 4.41. The summed E-state index contributed by atoms with van der Waals surface area (Å²) in [6.07, 6.45) is 5.41. The van der Waals surface area contributed by atoms with Gasteiger partial charge in [0, 0.05) is 17.6 Å². The molecule has 1 aromatic rings. The Balaban J connectivity index is 2.73. The Hall–Kier alpha value is -1.26.